The highest BCUT2D eigenvalue weighted by Gasteiger charge is 2.27. The molecular formula is C19H20ClN3O6S. The second-order valence-electron chi connectivity index (χ2n) is 6.30. The van der Waals surface area contributed by atoms with Gasteiger partial charge >= 0.3 is 0 Å². The standard InChI is InChI=1S/C19H20ClN3O6S/c1-28-14-3-5-15(6-4-14)30(26,27)22-9-8-21-18(24)11-23-16-10-13(20)2-7-17(16)29-12-19(23)25/h2-7,10,22H,8-9,11-12H2,1H3,(H,21,24). The number of carbonyl (C=O) groups excluding carboxylic acids is 2. The molecule has 11 heteroatoms. The van der Waals surface area contributed by atoms with Gasteiger partial charge in [-0.1, -0.05) is 11.6 Å². The molecule has 2 N–H and O–H groups in total. The van der Waals surface area contributed by atoms with Crippen LogP contribution in [0.25, 0.3) is 0 Å². The van der Waals surface area contributed by atoms with Crippen molar-refractivity contribution < 1.29 is 27.5 Å². The van der Waals surface area contributed by atoms with Gasteiger partial charge in [0.15, 0.2) is 6.61 Å². The zero-order valence-corrected chi connectivity index (χ0v) is 17.6. The molecule has 9 nitrogen and oxygen atoms in total. The van der Waals surface area contributed by atoms with Crippen LogP contribution in [0.15, 0.2) is 47.4 Å². The first-order valence-corrected chi connectivity index (χ1v) is 10.8. The number of amides is 2. The van der Waals surface area contributed by atoms with Crippen molar-refractivity contribution in [2.24, 2.45) is 0 Å². The summed E-state index contributed by atoms with van der Waals surface area (Å²) in [5, 5.41) is 2.99. The quantitative estimate of drug-likeness (QED) is 0.580. The van der Waals surface area contributed by atoms with Crippen LogP contribution in [0, 0.1) is 0 Å². The summed E-state index contributed by atoms with van der Waals surface area (Å²) in [6.07, 6.45) is 0. The highest BCUT2D eigenvalue weighted by atomic mass is 35.5. The van der Waals surface area contributed by atoms with E-state index in [-0.39, 0.29) is 37.0 Å². The van der Waals surface area contributed by atoms with Crippen LogP contribution in [0.4, 0.5) is 5.69 Å². The van der Waals surface area contributed by atoms with Gasteiger partial charge in [-0.3, -0.25) is 14.5 Å². The van der Waals surface area contributed by atoms with E-state index in [9.17, 15) is 18.0 Å². The number of nitrogens with zero attached hydrogens (tertiary/aromatic N) is 1. The van der Waals surface area contributed by atoms with E-state index in [4.69, 9.17) is 21.1 Å². The average molecular weight is 454 g/mol. The lowest BCUT2D eigenvalue weighted by Crippen LogP contribution is -2.46. The molecule has 0 aromatic heterocycles. The van der Waals surface area contributed by atoms with Crippen LogP contribution in [0.2, 0.25) is 5.02 Å². The smallest absolute Gasteiger partial charge is 0.265 e. The summed E-state index contributed by atoms with van der Waals surface area (Å²) in [4.78, 5) is 25.8. The van der Waals surface area contributed by atoms with E-state index >= 15 is 0 Å². The van der Waals surface area contributed by atoms with Crippen molar-refractivity contribution in [2.75, 3.05) is 38.3 Å². The first-order chi connectivity index (χ1) is 14.3. The Bertz CT molecular complexity index is 1040. The summed E-state index contributed by atoms with van der Waals surface area (Å²) in [7, 11) is -2.23. The van der Waals surface area contributed by atoms with Gasteiger partial charge in [0.2, 0.25) is 15.9 Å². The fourth-order valence-corrected chi connectivity index (χ4v) is 3.97. The first kappa shape index (κ1) is 21.9. The van der Waals surface area contributed by atoms with Gasteiger partial charge in [0.1, 0.15) is 18.0 Å². The fourth-order valence-electron chi connectivity index (χ4n) is 2.77. The number of methoxy groups -OCH3 is 1. The average Bonchev–Trinajstić information content (AvgIpc) is 2.73. The second kappa shape index (κ2) is 9.33. The largest absolute Gasteiger partial charge is 0.497 e. The van der Waals surface area contributed by atoms with Crippen LogP contribution in [0.5, 0.6) is 11.5 Å². The Hall–Kier alpha value is -2.82. The van der Waals surface area contributed by atoms with Crippen molar-refractivity contribution in [3.8, 4) is 11.5 Å². The highest BCUT2D eigenvalue weighted by molar-refractivity contribution is 7.89. The molecule has 30 heavy (non-hydrogen) atoms. The summed E-state index contributed by atoms with van der Waals surface area (Å²) in [5.41, 5.74) is 0.411. The Morgan fingerprint density at radius 1 is 1.20 bits per heavy atom. The van der Waals surface area contributed by atoms with Crippen LogP contribution in [0.3, 0.4) is 0 Å². The molecule has 0 fully saturated rings. The molecule has 2 aromatic rings. The van der Waals surface area contributed by atoms with Crippen LogP contribution < -0.4 is 24.4 Å². The number of halogens is 1. The minimum atomic E-state index is -3.72. The summed E-state index contributed by atoms with van der Waals surface area (Å²) < 4.78 is 37.3. The number of nitrogens with one attached hydrogen (secondary N) is 2. The molecule has 0 spiro atoms. The number of ether oxygens (including phenoxy) is 2. The summed E-state index contributed by atoms with van der Waals surface area (Å²) >= 11 is 5.97. The lowest BCUT2D eigenvalue weighted by Gasteiger charge is -2.29. The molecule has 1 aliphatic rings. The molecule has 0 radical (unpaired) electrons. The third-order valence-electron chi connectivity index (χ3n) is 4.27. The third-order valence-corrected chi connectivity index (χ3v) is 5.99. The first-order valence-electron chi connectivity index (χ1n) is 8.93. The van der Waals surface area contributed by atoms with Gasteiger partial charge in [-0.2, -0.15) is 0 Å². The van der Waals surface area contributed by atoms with Crippen molar-refractivity contribution in [3.63, 3.8) is 0 Å². The Kier molecular flexibility index (Phi) is 6.80. The third kappa shape index (κ3) is 5.21. The van der Waals surface area contributed by atoms with E-state index in [1.807, 2.05) is 0 Å². The van der Waals surface area contributed by atoms with Gasteiger partial charge < -0.3 is 14.8 Å². The number of anilines is 1. The number of fused-ring (bicyclic) bond motifs is 1. The summed E-state index contributed by atoms with van der Waals surface area (Å²) in [5.74, 6) is 0.181. The molecule has 1 heterocycles. The molecule has 2 amide bonds. The van der Waals surface area contributed by atoms with Crippen molar-refractivity contribution in [3.05, 3.63) is 47.5 Å². The molecule has 3 rings (SSSR count). The van der Waals surface area contributed by atoms with Crippen molar-refractivity contribution >= 4 is 39.1 Å². The van der Waals surface area contributed by atoms with Crippen molar-refractivity contribution in [2.45, 2.75) is 4.90 Å². The molecule has 160 valence electrons. The number of sulfonamides is 1. The molecule has 0 saturated carbocycles. The molecule has 0 aliphatic carbocycles. The predicted molar refractivity (Wildman–Crippen MR) is 110 cm³/mol. The number of benzene rings is 2. The maximum absolute atomic E-state index is 12.3. The Morgan fingerprint density at radius 2 is 1.93 bits per heavy atom. The molecule has 1 aliphatic heterocycles. The molecule has 0 bridgehead atoms. The van der Waals surface area contributed by atoms with Crippen LogP contribution in [0.1, 0.15) is 0 Å². The van der Waals surface area contributed by atoms with Gasteiger partial charge in [-0.15, -0.1) is 0 Å². The lowest BCUT2D eigenvalue weighted by molar-refractivity contribution is -0.125. The topological polar surface area (TPSA) is 114 Å². The highest BCUT2D eigenvalue weighted by Crippen LogP contribution is 2.34. The van der Waals surface area contributed by atoms with Crippen LogP contribution in [-0.4, -0.2) is 53.6 Å². The zero-order valence-electron chi connectivity index (χ0n) is 16.1. The SMILES string of the molecule is COc1ccc(S(=O)(=O)NCCNC(=O)CN2C(=O)COc3ccc(Cl)cc32)cc1. The van der Waals surface area contributed by atoms with Crippen LogP contribution in [-0.2, 0) is 19.6 Å². The van der Waals surface area contributed by atoms with E-state index < -0.39 is 15.9 Å². The fraction of sp³-hybridized carbons (Fsp3) is 0.263. The van der Waals surface area contributed by atoms with E-state index in [0.717, 1.165) is 0 Å². The maximum Gasteiger partial charge on any atom is 0.265 e. The second-order valence-corrected chi connectivity index (χ2v) is 8.51. The zero-order chi connectivity index (χ0) is 21.7. The Balaban J connectivity index is 1.52. The number of rotatable bonds is 8. The Labute approximate surface area is 179 Å². The monoisotopic (exact) mass is 453 g/mol. The van der Waals surface area contributed by atoms with E-state index in [2.05, 4.69) is 10.0 Å². The maximum atomic E-state index is 12.3. The van der Waals surface area contributed by atoms with Crippen molar-refractivity contribution in [1.82, 2.24) is 10.0 Å². The van der Waals surface area contributed by atoms with E-state index in [1.165, 1.54) is 24.1 Å². The van der Waals surface area contributed by atoms with Gasteiger partial charge in [-0.25, -0.2) is 13.1 Å². The molecular weight excluding hydrogens is 434 g/mol. The van der Waals surface area contributed by atoms with Gasteiger partial charge in [0.05, 0.1) is 17.7 Å². The van der Waals surface area contributed by atoms with E-state index in [1.54, 1.807) is 30.3 Å². The van der Waals surface area contributed by atoms with Gasteiger partial charge in [0.25, 0.3) is 5.91 Å². The van der Waals surface area contributed by atoms with Crippen LogP contribution >= 0.6 is 11.6 Å². The minimum Gasteiger partial charge on any atom is -0.497 e. The minimum absolute atomic E-state index is 0.0143. The lowest BCUT2D eigenvalue weighted by atomic mass is 10.2. The summed E-state index contributed by atoms with van der Waals surface area (Å²) in [6.45, 7) is -0.376. The molecule has 0 atom stereocenters. The molecule has 2 aromatic carbocycles. The molecule has 0 saturated heterocycles. The Morgan fingerprint density at radius 3 is 2.63 bits per heavy atom. The number of hydrogen-bond acceptors (Lipinski definition) is 6. The number of carbonyl (C=O) groups is 2. The predicted octanol–water partition coefficient (Wildman–Crippen LogP) is 1.17. The van der Waals surface area contributed by atoms with Gasteiger partial charge in [0, 0.05) is 18.1 Å². The van der Waals surface area contributed by atoms with Crippen molar-refractivity contribution in [1.29, 1.82) is 0 Å². The summed E-state index contributed by atoms with van der Waals surface area (Å²) in [6, 6.07) is 10.7. The molecule has 0 unspecified atom stereocenters. The number of hydrogen-bond donors (Lipinski definition) is 2. The normalized spacial score (nSPS) is 13.4. The van der Waals surface area contributed by atoms with Gasteiger partial charge in [-0.05, 0) is 42.5 Å². The van der Waals surface area contributed by atoms with E-state index in [0.29, 0.717) is 22.2 Å².